The van der Waals surface area contributed by atoms with E-state index in [0.717, 1.165) is 5.57 Å². The molecule has 1 aromatic carbocycles. The summed E-state index contributed by atoms with van der Waals surface area (Å²) in [7, 11) is 0. The van der Waals surface area contributed by atoms with Crippen LogP contribution in [0.2, 0.25) is 0 Å². The highest BCUT2D eigenvalue weighted by molar-refractivity contribution is 5.99. The second-order valence-electron chi connectivity index (χ2n) is 6.73. The molecule has 0 fully saturated rings. The zero-order valence-corrected chi connectivity index (χ0v) is 17.8. The SMILES string of the molecule is CCOc1ccc(-c2c(C(=O)N/N=C\C(C)=C\c3ccco3)nnn2-c2nonc2N)cc1. The third-order valence-electron chi connectivity index (χ3n) is 4.37. The largest absolute Gasteiger partial charge is 0.494 e. The summed E-state index contributed by atoms with van der Waals surface area (Å²) in [5, 5.41) is 19.3. The Morgan fingerprint density at radius 1 is 1.27 bits per heavy atom. The molecule has 12 heteroatoms. The number of allylic oxidation sites excluding steroid dienone is 1. The van der Waals surface area contributed by atoms with Gasteiger partial charge in [-0.2, -0.15) is 9.78 Å². The van der Waals surface area contributed by atoms with E-state index in [2.05, 4.69) is 35.8 Å². The van der Waals surface area contributed by atoms with Crippen molar-refractivity contribution in [3.05, 3.63) is 59.7 Å². The number of furan rings is 1. The molecule has 1 amide bonds. The number of nitrogens with two attached hydrogens (primary N) is 1. The van der Waals surface area contributed by atoms with Gasteiger partial charge in [0.25, 0.3) is 5.91 Å². The van der Waals surface area contributed by atoms with Crippen LogP contribution in [0.15, 0.2) is 62.4 Å². The van der Waals surface area contributed by atoms with E-state index in [-0.39, 0.29) is 17.3 Å². The Bertz CT molecular complexity index is 1290. The molecule has 0 unspecified atom stereocenters. The van der Waals surface area contributed by atoms with Gasteiger partial charge in [0.15, 0.2) is 5.69 Å². The number of hydrogen-bond acceptors (Lipinski definition) is 10. The molecule has 0 saturated carbocycles. The van der Waals surface area contributed by atoms with Gasteiger partial charge in [-0.05, 0) is 72.2 Å². The molecule has 4 rings (SSSR count). The van der Waals surface area contributed by atoms with Crippen LogP contribution in [0.4, 0.5) is 5.82 Å². The number of aromatic nitrogens is 5. The van der Waals surface area contributed by atoms with E-state index < -0.39 is 5.91 Å². The number of carbonyl (C=O) groups excluding carboxylic acids is 1. The summed E-state index contributed by atoms with van der Waals surface area (Å²) in [4.78, 5) is 12.9. The first-order chi connectivity index (χ1) is 16.1. The number of nitrogens with zero attached hydrogens (tertiary/aromatic N) is 6. The monoisotopic (exact) mass is 448 g/mol. The first kappa shape index (κ1) is 21.5. The van der Waals surface area contributed by atoms with Gasteiger partial charge in [0.1, 0.15) is 17.2 Å². The Morgan fingerprint density at radius 2 is 2.09 bits per heavy atom. The average Bonchev–Trinajstić information content (AvgIpc) is 3.55. The van der Waals surface area contributed by atoms with E-state index in [0.29, 0.717) is 29.4 Å². The number of amides is 1. The number of hydrazone groups is 1. The molecule has 33 heavy (non-hydrogen) atoms. The smallest absolute Gasteiger partial charge is 0.294 e. The molecular formula is C21H20N8O4. The summed E-state index contributed by atoms with van der Waals surface area (Å²) in [5.74, 6) is 0.867. The first-order valence-electron chi connectivity index (χ1n) is 9.89. The van der Waals surface area contributed by atoms with Crippen molar-refractivity contribution in [2.24, 2.45) is 5.10 Å². The summed E-state index contributed by atoms with van der Waals surface area (Å²) in [6, 6.07) is 10.6. The predicted molar refractivity (Wildman–Crippen MR) is 119 cm³/mol. The third kappa shape index (κ3) is 4.79. The standard InChI is InChI=1S/C21H20N8O4/c1-3-31-15-8-6-14(7-9-15)18-17(24-28-29(18)20-19(22)26-33-27-20)21(30)25-23-12-13(2)11-16-5-4-10-32-16/h4-12H,3H2,1-2H3,(H2,22,26)(H,25,30)/b13-11+,23-12-. The van der Waals surface area contributed by atoms with Crippen molar-refractivity contribution >= 4 is 24.0 Å². The number of benzene rings is 1. The van der Waals surface area contributed by atoms with Crippen LogP contribution in [0.25, 0.3) is 23.2 Å². The molecule has 0 saturated heterocycles. The molecule has 0 aliphatic carbocycles. The molecular weight excluding hydrogens is 428 g/mol. The van der Waals surface area contributed by atoms with E-state index in [4.69, 9.17) is 14.9 Å². The number of nitrogens with one attached hydrogen (secondary N) is 1. The minimum Gasteiger partial charge on any atom is -0.494 e. The van der Waals surface area contributed by atoms with E-state index in [1.165, 1.54) is 10.9 Å². The van der Waals surface area contributed by atoms with Crippen molar-refractivity contribution in [3.8, 4) is 22.8 Å². The lowest BCUT2D eigenvalue weighted by atomic mass is 10.1. The second kappa shape index (κ2) is 9.60. The normalized spacial score (nSPS) is 11.8. The van der Waals surface area contributed by atoms with Gasteiger partial charge in [-0.1, -0.05) is 5.21 Å². The van der Waals surface area contributed by atoms with Gasteiger partial charge < -0.3 is 14.9 Å². The summed E-state index contributed by atoms with van der Waals surface area (Å²) in [5.41, 5.74) is 10.00. The molecule has 3 aromatic heterocycles. The summed E-state index contributed by atoms with van der Waals surface area (Å²) in [6.07, 6.45) is 4.83. The fourth-order valence-corrected chi connectivity index (χ4v) is 2.94. The van der Waals surface area contributed by atoms with Crippen LogP contribution < -0.4 is 15.9 Å². The number of ether oxygens (including phenoxy) is 1. The van der Waals surface area contributed by atoms with Crippen molar-refractivity contribution in [3.63, 3.8) is 0 Å². The third-order valence-corrected chi connectivity index (χ3v) is 4.37. The fraction of sp³-hybridized carbons (Fsp3) is 0.143. The predicted octanol–water partition coefficient (Wildman–Crippen LogP) is 2.71. The molecule has 3 heterocycles. The van der Waals surface area contributed by atoms with E-state index >= 15 is 0 Å². The lowest BCUT2D eigenvalue weighted by Gasteiger charge is -2.07. The van der Waals surface area contributed by atoms with Gasteiger partial charge >= 0.3 is 0 Å². The summed E-state index contributed by atoms with van der Waals surface area (Å²) in [6.45, 7) is 4.24. The van der Waals surface area contributed by atoms with E-state index in [9.17, 15) is 4.79 Å². The average molecular weight is 448 g/mol. The van der Waals surface area contributed by atoms with Crippen LogP contribution in [0, 0.1) is 0 Å². The molecule has 0 atom stereocenters. The Balaban J connectivity index is 1.63. The highest BCUT2D eigenvalue weighted by Crippen LogP contribution is 2.28. The lowest BCUT2D eigenvalue weighted by molar-refractivity contribution is 0.0950. The topological polar surface area (TPSA) is 159 Å². The van der Waals surface area contributed by atoms with Gasteiger partial charge in [-0.3, -0.25) is 4.79 Å². The maximum Gasteiger partial charge on any atom is 0.294 e. The first-order valence-corrected chi connectivity index (χ1v) is 9.89. The Morgan fingerprint density at radius 3 is 2.76 bits per heavy atom. The summed E-state index contributed by atoms with van der Waals surface area (Å²) >= 11 is 0. The number of hydrogen-bond donors (Lipinski definition) is 2. The summed E-state index contributed by atoms with van der Waals surface area (Å²) < 4.78 is 16.7. The quantitative estimate of drug-likeness (QED) is 0.305. The maximum absolute atomic E-state index is 12.9. The van der Waals surface area contributed by atoms with Crippen molar-refractivity contribution in [2.75, 3.05) is 12.3 Å². The zero-order chi connectivity index (χ0) is 23.2. The van der Waals surface area contributed by atoms with E-state index in [1.54, 1.807) is 42.7 Å². The van der Waals surface area contributed by atoms with E-state index in [1.807, 2.05) is 19.9 Å². The highest BCUT2D eigenvalue weighted by Gasteiger charge is 2.25. The molecule has 4 aromatic rings. The number of carbonyl (C=O) groups is 1. The van der Waals surface area contributed by atoms with Crippen molar-refractivity contribution < 1.29 is 18.6 Å². The minimum absolute atomic E-state index is 0.00393. The highest BCUT2D eigenvalue weighted by atomic mass is 16.6. The van der Waals surface area contributed by atoms with Crippen LogP contribution in [0.5, 0.6) is 5.75 Å². The molecule has 0 radical (unpaired) electrons. The molecule has 3 N–H and O–H groups in total. The molecule has 12 nitrogen and oxygen atoms in total. The van der Waals surface area contributed by atoms with Crippen molar-refractivity contribution in [1.29, 1.82) is 0 Å². The van der Waals surface area contributed by atoms with Gasteiger partial charge in [0.05, 0.1) is 19.1 Å². The van der Waals surface area contributed by atoms with Crippen LogP contribution in [0.1, 0.15) is 30.1 Å². The Kier molecular flexibility index (Phi) is 6.25. The Labute approximate surface area is 187 Å². The molecule has 168 valence electrons. The fourth-order valence-electron chi connectivity index (χ4n) is 2.94. The van der Waals surface area contributed by atoms with Crippen LogP contribution in [-0.4, -0.2) is 44.0 Å². The van der Waals surface area contributed by atoms with Crippen molar-refractivity contribution in [1.82, 2.24) is 30.7 Å². The number of nitrogen functional groups attached to an aromatic ring is 1. The zero-order valence-electron chi connectivity index (χ0n) is 17.8. The van der Waals surface area contributed by atoms with Crippen molar-refractivity contribution in [2.45, 2.75) is 13.8 Å². The Hall–Kier alpha value is -4.74. The molecule has 0 aliphatic rings. The number of anilines is 1. The maximum atomic E-state index is 12.9. The molecule has 0 bridgehead atoms. The van der Waals surface area contributed by atoms with Crippen LogP contribution in [-0.2, 0) is 0 Å². The van der Waals surface area contributed by atoms with Gasteiger partial charge in [-0.15, -0.1) is 5.10 Å². The van der Waals surface area contributed by atoms with Crippen LogP contribution >= 0.6 is 0 Å². The lowest BCUT2D eigenvalue weighted by Crippen LogP contribution is -2.19. The minimum atomic E-state index is -0.581. The number of rotatable bonds is 8. The second-order valence-corrected chi connectivity index (χ2v) is 6.73. The van der Waals surface area contributed by atoms with Gasteiger partial charge in [-0.25, -0.2) is 10.1 Å². The van der Waals surface area contributed by atoms with Gasteiger partial charge in [0, 0.05) is 5.56 Å². The van der Waals surface area contributed by atoms with Crippen LogP contribution in [0.3, 0.4) is 0 Å². The molecule has 0 aliphatic heterocycles. The van der Waals surface area contributed by atoms with Gasteiger partial charge in [0.2, 0.25) is 11.6 Å². The molecule has 0 spiro atoms.